The lowest BCUT2D eigenvalue weighted by atomic mass is 10.1. The van der Waals surface area contributed by atoms with Gasteiger partial charge in [-0.2, -0.15) is 0 Å². The number of carbonyl (C=O) groups is 2. The van der Waals surface area contributed by atoms with Gasteiger partial charge < -0.3 is 4.42 Å². The number of hydrogen-bond donors (Lipinski definition) is 1. The highest BCUT2D eigenvalue weighted by Crippen LogP contribution is 2.29. The van der Waals surface area contributed by atoms with E-state index in [1.54, 1.807) is 48.5 Å². The summed E-state index contributed by atoms with van der Waals surface area (Å²) in [5.41, 5.74) is 0.870. The van der Waals surface area contributed by atoms with E-state index in [2.05, 4.69) is 5.32 Å². The van der Waals surface area contributed by atoms with Crippen LogP contribution in [0.4, 0.5) is 10.1 Å². The van der Waals surface area contributed by atoms with E-state index < -0.39 is 11.8 Å². The number of thiocarbonyl (C=S) groups is 1. The van der Waals surface area contributed by atoms with E-state index >= 15 is 0 Å². The molecular weight excluding hydrogens is 415 g/mol. The summed E-state index contributed by atoms with van der Waals surface area (Å²) >= 11 is 11.3. The Hall–Kier alpha value is -3.29. The molecule has 0 saturated carbocycles. The fourth-order valence-electron chi connectivity index (χ4n) is 2.85. The van der Waals surface area contributed by atoms with Crippen molar-refractivity contribution < 1.29 is 18.4 Å². The maximum absolute atomic E-state index is 13.1. The van der Waals surface area contributed by atoms with Gasteiger partial charge in [-0.3, -0.25) is 19.8 Å². The number of rotatable bonds is 3. The number of para-hydroxylation sites is 1. The highest BCUT2D eigenvalue weighted by atomic mass is 35.5. The molecule has 2 aromatic carbocycles. The lowest BCUT2D eigenvalue weighted by Crippen LogP contribution is -2.54. The molecule has 1 aromatic heterocycles. The molecule has 0 atom stereocenters. The maximum Gasteiger partial charge on any atom is 0.270 e. The highest BCUT2D eigenvalue weighted by molar-refractivity contribution is 7.80. The van der Waals surface area contributed by atoms with E-state index in [1.165, 1.54) is 18.2 Å². The van der Waals surface area contributed by atoms with Crippen LogP contribution in [0.1, 0.15) is 5.76 Å². The Morgan fingerprint density at radius 3 is 2.48 bits per heavy atom. The van der Waals surface area contributed by atoms with Crippen LogP contribution < -0.4 is 10.2 Å². The maximum atomic E-state index is 13.1. The second kappa shape index (κ2) is 7.62. The SMILES string of the molecule is O=C1NC(=S)N(c2ccccc2Cl)C(=O)/C1=C/c1ccc(-c2ccc(F)cc2)o1. The summed E-state index contributed by atoms with van der Waals surface area (Å²) < 4.78 is 18.8. The minimum absolute atomic E-state index is 0.0586. The summed E-state index contributed by atoms with van der Waals surface area (Å²) in [6, 6.07) is 15.7. The quantitative estimate of drug-likeness (QED) is 0.378. The molecule has 0 aliphatic carbocycles. The van der Waals surface area contributed by atoms with Gasteiger partial charge in [-0.15, -0.1) is 0 Å². The predicted octanol–water partition coefficient (Wildman–Crippen LogP) is 4.57. The molecule has 5 nitrogen and oxygen atoms in total. The molecule has 1 fully saturated rings. The van der Waals surface area contributed by atoms with Gasteiger partial charge in [0.05, 0.1) is 10.7 Å². The second-order valence-electron chi connectivity index (χ2n) is 6.12. The smallest absolute Gasteiger partial charge is 0.270 e. The molecule has 2 amide bonds. The number of hydrogen-bond acceptors (Lipinski definition) is 4. The molecule has 1 aliphatic rings. The van der Waals surface area contributed by atoms with Crippen molar-refractivity contribution in [2.75, 3.05) is 4.90 Å². The topological polar surface area (TPSA) is 62.6 Å². The molecule has 2 heterocycles. The van der Waals surface area contributed by atoms with Crippen LogP contribution in [-0.2, 0) is 9.59 Å². The lowest BCUT2D eigenvalue weighted by molar-refractivity contribution is -0.122. The minimum atomic E-state index is -0.636. The van der Waals surface area contributed by atoms with Gasteiger partial charge >= 0.3 is 0 Å². The zero-order valence-corrected chi connectivity index (χ0v) is 16.3. The zero-order chi connectivity index (χ0) is 20.5. The van der Waals surface area contributed by atoms with E-state index in [0.717, 1.165) is 4.90 Å². The number of nitrogens with zero attached hydrogens (tertiary/aromatic N) is 1. The van der Waals surface area contributed by atoms with Gasteiger partial charge in [-0.1, -0.05) is 23.7 Å². The molecule has 0 spiro atoms. The van der Waals surface area contributed by atoms with Gasteiger partial charge in [0.25, 0.3) is 11.8 Å². The largest absolute Gasteiger partial charge is 0.457 e. The van der Waals surface area contributed by atoms with Gasteiger partial charge in [0.1, 0.15) is 22.9 Å². The Morgan fingerprint density at radius 2 is 1.76 bits per heavy atom. The third-order valence-electron chi connectivity index (χ3n) is 4.24. The van der Waals surface area contributed by atoms with Gasteiger partial charge in [-0.25, -0.2) is 4.39 Å². The van der Waals surface area contributed by atoms with Crippen molar-refractivity contribution in [1.82, 2.24) is 5.32 Å². The van der Waals surface area contributed by atoms with Gasteiger partial charge in [-0.05, 0) is 66.8 Å². The zero-order valence-electron chi connectivity index (χ0n) is 14.7. The first-order chi connectivity index (χ1) is 13.9. The van der Waals surface area contributed by atoms with Crippen LogP contribution in [0.2, 0.25) is 5.02 Å². The van der Waals surface area contributed by atoms with Crippen molar-refractivity contribution in [3.63, 3.8) is 0 Å². The van der Waals surface area contributed by atoms with Crippen LogP contribution in [0.5, 0.6) is 0 Å². The predicted molar refractivity (Wildman–Crippen MR) is 112 cm³/mol. The van der Waals surface area contributed by atoms with Crippen molar-refractivity contribution in [2.24, 2.45) is 0 Å². The van der Waals surface area contributed by atoms with Crippen LogP contribution >= 0.6 is 23.8 Å². The van der Waals surface area contributed by atoms with E-state index in [1.807, 2.05) is 0 Å². The van der Waals surface area contributed by atoms with Gasteiger partial charge in [0.15, 0.2) is 5.11 Å². The molecule has 29 heavy (non-hydrogen) atoms. The summed E-state index contributed by atoms with van der Waals surface area (Å²) in [6.45, 7) is 0. The van der Waals surface area contributed by atoms with E-state index in [0.29, 0.717) is 22.0 Å². The number of carbonyl (C=O) groups excluding carboxylic acids is 2. The number of nitrogens with one attached hydrogen (secondary N) is 1. The number of amides is 2. The molecule has 0 radical (unpaired) electrons. The van der Waals surface area contributed by atoms with Crippen molar-refractivity contribution in [3.8, 4) is 11.3 Å². The van der Waals surface area contributed by atoms with Crippen LogP contribution in [0, 0.1) is 5.82 Å². The van der Waals surface area contributed by atoms with E-state index in [9.17, 15) is 14.0 Å². The summed E-state index contributed by atoms with van der Waals surface area (Å²) in [5, 5.41) is 2.74. The molecule has 0 bridgehead atoms. The van der Waals surface area contributed by atoms with Gasteiger partial charge in [0, 0.05) is 5.56 Å². The lowest BCUT2D eigenvalue weighted by Gasteiger charge is -2.29. The number of furan rings is 1. The number of halogens is 2. The first-order valence-electron chi connectivity index (χ1n) is 8.46. The summed E-state index contributed by atoms with van der Waals surface area (Å²) in [7, 11) is 0. The summed E-state index contributed by atoms with van der Waals surface area (Å²) in [6.07, 6.45) is 1.33. The normalized spacial score (nSPS) is 15.7. The summed E-state index contributed by atoms with van der Waals surface area (Å²) in [5.74, 6) is -0.855. The minimum Gasteiger partial charge on any atom is -0.457 e. The number of anilines is 1. The molecule has 8 heteroatoms. The summed E-state index contributed by atoms with van der Waals surface area (Å²) in [4.78, 5) is 26.5. The van der Waals surface area contributed by atoms with E-state index in [-0.39, 0.29) is 22.3 Å². The van der Waals surface area contributed by atoms with Crippen LogP contribution in [0.15, 0.2) is 70.7 Å². The molecular formula is C21H12ClFN2O3S. The average Bonchev–Trinajstić information content (AvgIpc) is 3.16. The molecule has 4 rings (SSSR count). The standard InChI is InChI=1S/C21H12ClFN2O3S/c22-16-3-1-2-4-17(16)25-20(27)15(19(26)24-21(25)29)11-14-9-10-18(28-14)12-5-7-13(23)8-6-12/h1-11H,(H,24,26,29)/b15-11+. The third kappa shape index (κ3) is 3.70. The van der Waals surface area contributed by atoms with Gasteiger partial charge in [0.2, 0.25) is 0 Å². The molecule has 1 N–H and O–H groups in total. The van der Waals surface area contributed by atoms with E-state index in [4.69, 9.17) is 28.2 Å². The molecule has 1 aliphatic heterocycles. The van der Waals surface area contributed by atoms with Crippen molar-refractivity contribution in [1.29, 1.82) is 0 Å². The number of benzene rings is 2. The Morgan fingerprint density at radius 1 is 1.03 bits per heavy atom. The fraction of sp³-hybridized carbons (Fsp3) is 0. The van der Waals surface area contributed by atoms with Crippen molar-refractivity contribution in [3.05, 3.63) is 82.8 Å². The highest BCUT2D eigenvalue weighted by Gasteiger charge is 2.35. The van der Waals surface area contributed by atoms with Crippen LogP contribution in [0.3, 0.4) is 0 Å². The average molecular weight is 427 g/mol. The Kier molecular flexibility index (Phi) is 5.00. The van der Waals surface area contributed by atoms with Crippen LogP contribution in [0.25, 0.3) is 17.4 Å². The van der Waals surface area contributed by atoms with Crippen LogP contribution in [-0.4, -0.2) is 16.9 Å². The molecule has 0 unspecified atom stereocenters. The Balaban J connectivity index is 1.68. The second-order valence-corrected chi connectivity index (χ2v) is 6.91. The molecule has 3 aromatic rings. The fourth-order valence-corrected chi connectivity index (χ4v) is 3.35. The first-order valence-corrected chi connectivity index (χ1v) is 9.24. The Bertz CT molecular complexity index is 1170. The van der Waals surface area contributed by atoms with Crippen molar-refractivity contribution in [2.45, 2.75) is 0 Å². The van der Waals surface area contributed by atoms with Crippen molar-refractivity contribution >= 4 is 52.5 Å². The first kappa shape index (κ1) is 19.0. The Labute approximate surface area is 175 Å². The monoisotopic (exact) mass is 426 g/mol. The molecule has 1 saturated heterocycles. The third-order valence-corrected chi connectivity index (χ3v) is 4.84. The molecule has 144 valence electrons.